The third-order valence-electron chi connectivity index (χ3n) is 17.4. The van der Waals surface area contributed by atoms with Gasteiger partial charge in [0.1, 0.15) is 19.3 Å². The number of aliphatic hydroxyl groups excluding tert-OH is 1. The molecule has 94 heavy (non-hydrogen) atoms. The molecule has 5 atom stereocenters. The lowest BCUT2D eigenvalue weighted by molar-refractivity contribution is -0.161. The van der Waals surface area contributed by atoms with Crippen LogP contribution in [0, 0.1) is 17.8 Å². The molecule has 0 radical (unpaired) electrons. The first-order chi connectivity index (χ1) is 45.2. The second-order valence-electron chi connectivity index (χ2n) is 28.5. The number of hydrogen-bond acceptors (Lipinski definition) is 15. The Kier molecular flexibility index (Phi) is 64.3. The van der Waals surface area contributed by atoms with E-state index in [0.717, 1.165) is 108 Å². The molecule has 0 heterocycles. The first-order valence-electron chi connectivity index (χ1n) is 38.8. The van der Waals surface area contributed by atoms with Gasteiger partial charge in [-0.2, -0.15) is 0 Å². The van der Waals surface area contributed by atoms with Crippen LogP contribution in [0.15, 0.2) is 0 Å². The molecule has 3 N–H and O–H groups in total. The van der Waals surface area contributed by atoms with Gasteiger partial charge >= 0.3 is 39.5 Å². The maximum Gasteiger partial charge on any atom is 0.472 e. The van der Waals surface area contributed by atoms with Crippen LogP contribution in [0.3, 0.4) is 0 Å². The summed E-state index contributed by atoms with van der Waals surface area (Å²) in [6.07, 6.45) is 51.5. The van der Waals surface area contributed by atoms with Crippen molar-refractivity contribution in [1.29, 1.82) is 0 Å². The molecule has 0 rings (SSSR count). The zero-order valence-electron chi connectivity index (χ0n) is 61.4. The predicted molar refractivity (Wildman–Crippen MR) is 381 cm³/mol. The van der Waals surface area contributed by atoms with Crippen molar-refractivity contribution >= 4 is 39.5 Å². The van der Waals surface area contributed by atoms with Crippen LogP contribution in [0.1, 0.15) is 382 Å². The smallest absolute Gasteiger partial charge is 0.462 e. The number of carbonyl (C=O) groups is 4. The molecular formula is C75H146O17P2. The van der Waals surface area contributed by atoms with Gasteiger partial charge in [-0.1, -0.05) is 331 Å². The molecular weight excluding hydrogens is 1230 g/mol. The number of esters is 4. The van der Waals surface area contributed by atoms with E-state index in [2.05, 4.69) is 48.5 Å². The van der Waals surface area contributed by atoms with Gasteiger partial charge < -0.3 is 33.8 Å². The fourth-order valence-electron chi connectivity index (χ4n) is 11.4. The van der Waals surface area contributed by atoms with Gasteiger partial charge in [0, 0.05) is 25.7 Å². The van der Waals surface area contributed by atoms with Crippen molar-refractivity contribution in [3.05, 3.63) is 0 Å². The third-order valence-corrected chi connectivity index (χ3v) is 19.3. The van der Waals surface area contributed by atoms with Crippen molar-refractivity contribution in [3.8, 4) is 0 Å². The highest BCUT2D eigenvalue weighted by atomic mass is 31.2. The number of hydrogen-bond donors (Lipinski definition) is 3. The fraction of sp³-hybridized carbons (Fsp3) is 0.947. The molecule has 0 bridgehead atoms. The molecule has 19 heteroatoms. The van der Waals surface area contributed by atoms with Crippen LogP contribution in [0.5, 0.6) is 0 Å². The minimum Gasteiger partial charge on any atom is -0.462 e. The van der Waals surface area contributed by atoms with Crippen LogP contribution in [0.25, 0.3) is 0 Å². The number of phosphoric ester groups is 2. The Morgan fingerprint density at radius 2 is 0.489 bits per heavy atom. The van der Waals surface area contributed by atoms with E-state index in [9.17, 15) is 43.2 Å². The van der Waals surface area contributed by atoms with Gasteiger partial charge in [0.05, 0.1) is 26.4 Å². The highest BCUT2D eigenvalue weighted by Gasteiger charge is 2.30. The molecule has 2 unspecified atom stereocenters. The van der Waals surface area contributed by atoms with E-state index in [4.69, 9.17) is 37.0 Å². The zero-order chi connectivity index (χ0) is 69.4. The molecule has 0 amide bonds. The Bertz CT molecular complexity index is 1840. The molecule has 0 aliphatic carbocycles. The Balaban J connectivity index is 5.23. The standard InChI is InChI=1S/C75H146O17P2/c1-8-9-10-11-12-13-14-15-16-17-18-19-20-21-22-27-37-44-51-58-74(79)91-70(62-85-72(77)56-49-42-35-26-24-23-25-32-39-46-53-66(2)3)64-89-93(81,82)87-60-69(76)61-88-94(83,84)90-65-71(92-75(80)59-52-45-38-31-29-34-41-48-55-68(6)7)63-86-73(78)57-50-43-36-30-28-33-40-47-54-67(4)5/h66-71,76H,8-65H2,1-7H3,(H,81,82)(H,83,84)/t69-,70-,71-/m1/s1. The lowest BCUT2D eigenvalue weighted by atomic mass is 10.0. The summed E-state index contributed by atoms with van der Waals surface area (Å²) < 4.78 is 68.5. The monoisotopic (exact) mass is 1380 g/mol. The van der Waals surface area contributed by atoms with Crippen LogP contribution in [-0.2, 0) is 65.4 Å². The fourth-order valence-corrected chi connectivity index (χ4v) is 13.0. The van der Waals surface area contributed by atoms with Gasteiger partial charge in [-0.15, -0.1) is 0 Å². The van der Waals surface area contributed by atoms with Crippen LogP contribution < -0.4 is 0 Å². The number of rotatable bonds is 73. The predicted octanol–water partition coefficient (Wildman–Crippen LogP) is 21.8. The average molecular weight is 1380 g/mol. The third kappa shape index (κ3) is 68.6. The first kappa shape index (κ1) is 92.1. The van der Waals surface area contributed by atoms with E-state index in [0.29, 0.717) is 25.7 Å². The van der Waals surface area contributed by atoms with E-state index in [-0.39, 0.29) is 25.7 Å². The SMILES string of the molecule is CCCCCCCCCCCCCCCCCCCCCC(=O)O[C@H](COC(=O)CCCCCCCCCCCCC(C)C)COP(=O)(O)OC[C@@H](O)COP(=O)(O)OC[C@@H](COC(=O)CCCCCCCCCCC(C)C)OC(=O)CCCCCCCCCCC(C)C. The summed E-state index contributed by atoms with van der Waals surface area (Å²) in [6.45, 7) is 11.8. The van der Waals surface area contributed by atoms with Crippen molar-refractivity contribution in [2.24, 2.45) is 17.8 Å². The Morgan fingerprint density at radius 1 is 0.287 bits per heavy atom. The number of ether oxygens (including phenoxy) is 4. The van der Waals surface area contributed by atoms with Gasteiger partial charge in [0.2, 0.25) is 0 Å². The lowest BCUT2D eigenvalue weighted by Gasteiger charge is -2.21. The van der Waals surface area contributed by atoms with Gasteiger partial charge in [-0.05, 0) is 43.4 Å². The number of aliphatic hydroxyl groups is 1. The van der Waals surface area contributed by atoms with E-state index in [1.54, 1.807) is 0 Å². The van der Waals surface area contributed by atoms with Crippen molar-refractivity contribution in [3.63, 3.8) is 0 Å². The molecule has 0 aromatic rings. The van der Waals surface area contributed by atoms with Gasteiger partial charge in [0.25, 0.3) is 0 Å². The second-order valence-corrected chi connectivity index (χ2v) is 31.4. The van der Waals surface area contributed by atoms with Crippen molar-refractivity contribution in [2.45, 2.75) is 401 Å². The second kappa shape index (κ2) is 65.7. The lowest BCUT2D eigenvalue weighted by Crippen LogP contribution is -2.30. The van der Waals surface area contributed by atoms with Crippen molar-refractivity contribution < 1.29 is 80.2 Å². The maximum absolute atomic E-state index is 13.1. The van der Waals surface area contributed by atoms with Crippen LogP contribution in [-0.4, -0.2) is 96.7 Å². The molecule has 0 aromatic heterocycles. The summed E-state index contributed by atoms with van der Waals surface area (Å²) in [5.41, 5.74) is 0. The molecule has 0 aliphatic heterocycles. The molecule has 0 spiro atoms. The van der Waals surface area contributed by atoms with E-state index in [1.165, 1.54) is 193 Å². The van der Waals surface area contributed by atoms with Crippen molar-refractivity contribution in [2.75, 3.05) is 39.6 Å². The quantitative estimate of drug-likeness (QED) is 0.0222. The summed E-state index contributed by atoms with van der Waals surface area (Å²) in [5, 5.41) is 10.6. The van der Waals surface area contributed by atoms with Crippen LogP contribution in [0.2, 0.25) is 0 Å². The molecule has 0 saturated heterocycles. The van der Waals surface area contributed by atoms with E-state index < -0.39 is 97.5 Å². The van der Waals surface area contributed by atoms with Gasteiger partial charge in [-0.25, -0.2) is 9.13 Å². The molecule has 17 nitrogen and oxygen atoms in total. The minimum atomic E-state index is -4.96. The Hall–Kier alpha value is -1.94. The summed E-state index contributed by atoms with van der Waals surface area (Å²) >= 11 is 0. The molecule has 0 saturated carbocycles. The van der Waals surface area contributed by atoms with Gasteiger partial charge in [-0.3, -0.25) is 37.3 Å². The number of unbranched alkanes of at least 4 members (excludes halogenated alkanes) is 41. The summed E-state index contributed by atoms with van der Waals surface area (Å²) in [6, 6.07) is 0. The molecule has 0 aliphatic rings. The highest BCUT2D eigenvalue weighted by Crippen LogP contribution is 2.45. The molecule has 558 valence electrons. The normalized spacial score (nSPS) is 14.1. The van der Waals surface area contributed by atoms with Crippen LogP contribution >= 0.6 is 15.6 Å². The Labute approximate surface area is 575 Å². The largest absolute Gasteiger partial charge is 0.472 e. The van der Waals surface area contributed by atoms with Crippen LogP contribution in [0.4, 0.5) is 0 Å². The minimum absolute atomic E-state index is 0.104. The Morgan fingerprint density at radius 3 is 0.723 bits per heavy atom. The van der Waals surface area contributed by atoms with Crippen molar-refractivity contribution in [1.82, 2.24) is 0 Å². The molecule has 0 aromatic carbocycles. The van der Waals surface area contributed by atoms with Gasteiger partial charge in [0.15, 0.2) is 12.2 Å². The maximum atomic E-state index is 13.1. The summed E-state index contributed by atoms with van der Waals surface area (Å²) in [4.78, 5) is 72.7. The topological polar surface area (TPSA) is 237 Å². The van der Waals surface area contributed by atoms with E-state index in [1.807, 2.05) is 0 Å². The average Bonchev–Trinajstić information content (AvgIpc) is 1.79. The number of carbonyl (C=O) groups excluding carboxylic acids is 4. The van der Waals surface area contributed by atoms with E-state index >= 15 is 0 Å². The summed E-state index contributed by atoms with van der Waals surface area (Å²) in [7, 11) is -9.91. The summed E-state index contributed by atoms with van der Waals surface area (Å²) in [5.74, 6) is 0.0811. The zero-order valence-corrected chi connectivity index (χ0v) is 63.2. The first-order valence-corrected chi connectivity index (χ1v) is 41.8. The number of phosphoric acid groups is 2. The highest BCUT2D eigenvalue weighted by molar-refractivity contribution is 7.47. The molecule has 0 fully saturated rings.